The van der Waals surface area contributed by atoms with Crippen LogP contribution in [0, 0.1) is 19.7 Å². The van der Waals surface area contributed by atoms with E-state index in [4.69, 9.17) is 24.2 Å². The summed E-state index contributed by atoms with van der Waals surface area (Å²) in [6.45, 7) is 30.2. The normalized spacial score (nSPS) is 19.1. The second kappa shape index (κ2) is 27.8. The van der Waals surface area contributed by atoms with Crippen LogP contribution in [0.3, 0.4) is 0 Å². The number of fused-ring (bicyclic) bond motifs is 2. The van der Waals surface area contributed by atoms with Crippen LogP contribution in [0.4, 0.5) is 32.3 Å². The van der Waals surface area contributed by atoms with Gasteiger partial charge >= 0.3 is 6.09 Å². The van der Waals surface area contributed by atoms with Crippen molar-refractivity contribution in [3.05, 3.63) is 137 Å². The van der Waals surface area contributed by atoms with Crippen molar-refractivity contribution in [1.29, 1.82) is 0 Å². The number of ether oxygens (including phenoxy) is 3. The van der Waals surface area contributed by atoms with E-state index in [1.165, 1.54) is 18.5 Å². The smallest absolute Gasteiger partial charge is 0.410 e. The molecule has 7 aromatic rings. The van der Waals surface area contributed by atoms with Gasteiger partial charge in [-0.05, 0) is 111 Å². The molecule has 3 fully saturated rings. The number of hydrogen-bond donors (Lipinski definition) is 2. The standard InChI is InChI=1S/C70H90FN15O8S/c1-45-37-83(60-36-72-56(35-73-60)66(88)81-26-24-80(25-27-81)23-16-30-92-58-34-55-54(33-59(58)95(90,91)69(8,9)10)64(75-44-74-55)77-63-47(3)48(4)78-79-63)29-28-82(45)39-53-40-85(67(89)94-68(5,6)7)46(2)38-84(53)41-61(87)86-43-70(11,12)62-57(86)32-51(31-49-19-21-52(71)22-20-49)65(76-62)93-42-50-17-14-13-15-18-50/h13-15,17-22,32-36,44-46,53H,16,23-31,37-43H2,1-12H3,(H2,74,75,77,78,79)/t45-,46-,53+/m1/s1. The zero-order valence-electron chi connectivity index (χ0n) is 56.8. The molecule has 3 atom stereocenters. The molecule has 3 amide bonds. The van der Waals surface area contributed by atoms with Gasteiger partial charge in [0.25, 0.3) is 5.91 Å². The number of hydrogen-bond acceptors (Lipinski definition) is 19. The molecule has 25 heteroatoms. The number of pyridine rings is 1. The fraction of sp³-hybridized carbons (Fsp3) is 0.500. The predicted octanol–water partition coefficient (Wildman–Crippen LogP) is 9.15. The van der Waals surface area contributed by atoms with Gasteiger partial charge in [0.05, 0.1) is 47.2 Å². The maximum atomic E-state index is 15.0. The molecule has 0 saturated carbocycles. The van der Waals surface area contributed by atoms with Crippen LogP contribution in [0.25, 0.3) is 10.9 Å². The lowest BCUT2D eigenvalue weighted by Gasteiger charge is -2.48. The van der Waals surface area contributed by atoms with Gasteiger partial charge in [-0.2, -0.15) is 5.10 Å². The highest BCUT2D eigenvalue weighted by molar-refractivity contribution is 7.92. The van der Waals surface area contributed by atoms with E-state index in [9.17, 15) is 22.4 Å². The first kappa shape index (κ1) is 68.0. The Hall–Kier alpha value is -8.39. The number of aromatic nitrogens is 7. The Labute approximate surface area is 556 Å². The van der Waals surface area contributed by atoms with Crippen LogP contribution in [0.1, 0.15) is 120 Å². The summed E-state index contributed by atoms with van der Waals surface area (Å²) < 4.78 is 59.8. The van der Waals surface area contributed by atoms with Crippen molar-refractivity contribution in [2.75, 3.05) is 107 Å². The number of H-pyrrole nitrogens is 1. The molecule has 95 heavy (non-hydrogen) atoms. The van der Waals surface area contributed by atoms with Crippen molar-refractivity contribution in [1.82, 2.24) is 59.6 Å². The minimum absolute atomic E-state index is 0.0478. The van der Waals surface area contributed by atoms with E-state index in [1.807, 2.05) is 82.8 Å². The van der Waals surface area contributed by atoms with Gasteiger partial charge in [0.2, 0.25) is 11.8 Å². The zero-order chi connectivity index (χ0) is 67.7. The molecule has 0 radical (unpaired) electrons. The summed E-state index contributed by atoms with van der Waals surface area (Å²) in [5.74, 6) is 1.81. The quantitative estimate of drug-likeness (QED) is 0.0717. The van der Waals surface area contributed by atoms with E-state index in [1.54, 1.807) is 67.2 Å². The maximum absolute atomic E-state index is 15.0. The predicted molar refractivity (Wildman–Crippen MR) is 363 cm³/mol. The molecular formula is C70H90FN15O8S. The summed E-state index contributed by atoms with van der Waals surface area (Å²) >= 11 is 0. The number of halogens is 1. The molecule has 3 saturated heterocycles. The van der Waals surface area contributed by atoms with E-state index >= 15 is 4.79 Å². The Morgan fingerprint density at radius 1 is 0.800 bits per heavy atom. The van der Waals surface area contributed by atoms with Crippen molar-refractivity contribution < 1.29 is 41.4 Å². The largest absolute Gasteiger partial charge is 0.492 e. The molecular weight excluding hydrogens is 1230 g/mol. The van der Waals surface area contributed by atoms with Gasteiger partial charge in [-0.15, -0.1) is 0 Å². The molecule has 8 heterocycles. The van der Waals surface area contributed by atoms with Gasteiger partial charge in [0.15, 0.2) is 15.7 Å². The second-order valence-corrected chi connectivity index (χ2v) is 31.0. The lowest BCUT2D eigenvalue weighted by molar-refractivity contribution is -0.121. The zero-order valence-corrected chi connectivity index (χ0v) is 57.6. The molecule has 0 unspecified atom stereocenters. The van der Waals surface area contributed by atoms with Gasteiger partial charge in [0, 0.05) is 137 Å². The molecule has 2 N–H and O–H groups in total. The number of nitrogens with zero attached hydrogens (tertiary/aromatic N) is 13. The molecule has 0 aliphatic carbocycles. The van der Waals surface area contributed by atoms with Crippen molar-refractivity contribution >= 4 is 61.8 Å². The highest BCUT2D eigenvalue weighted by Crippen LogP contribution is 2.43. The molecule has 23 nitrogen and oxygen atoms in total. The highest BCUT2D eigenvalue weighted by Gasteiger charge is 2.44. The second-order valence-electron chi connectivity index (χ2n) is 28.3. The first-order valence-electron chi connectivity index (χ1n) is 32.9. The third-order valence-corrected chi connectivity index (χ3v) is 21.0. The third-order valence-electron chi connectivity index (χ3n) is 18.5. The summed E-state index contributed by atoms with van der Waals surface area (Å²) in [7, 11) is -3.86. The van der Waals surface area contributed by atoms with Gasteiger partial charge in [-0.25, -0.2) is 42.5 Å². The number of piperazine rings is 3. The Bertz CT molecular complexity index is 4020. The molecule has 4 aromatic heterocycles. The van der Waals surface area contributed by atoms with Crippen LogP contribution in [0.5, 0.6) is 11.6 Å². The first-order valence-corrected chi connectivity index (χ1v) is 34.3. The van der Waals surface area contributed by atoms with Crippen LogP contribution in [-0.4, -0.2) is 206 Å². The van der Waals surface area contributed by atoms with E-state index < -0.39 is 25.6 Å². The van der Waals surface area contributed by atoms with E-state index in [-0.39, 0.29) is 71.3 Å². The topological polar surface area (TPSA) is 241 Å². The summed E-state index contributed by atoms with van der Waals surface area (Å²) in [5.41, 5.74) is 5.58. The number of sulfone groups is 1. The van der Waals surface area contributed by atoms with Gasteiger partial charge in [0.1, 0.15) is 52.3 Å². The summed E-state index contributed by atoms with van der Waals surface area (Å²) in [4.78, 5) is 80.9. The third kappa shape index (κ3) is 15.5. The van der Waals surface area contributed by atoms with E-state index in [2.05, 4.69) is 70.8 Å². The Kier molecular flexibility index (Phi) is 19.9. The summed E-state index contributed by atoms with van der Waals surface area (Å²) in [5, 5.41) is 11.1. The van der Waals surface area contributed by atoms with Crippen LogP contribution < -0.4 is 24.6 Å². The average molecular weight is 1320 g/mol. The van der Waals surface area contributed by atoms with Crippen LogP contribution in [-0.2, 0) is 37.8 Å². The fourth-order valence-electron chi connectivity index (χ4n) is 12.8. The molecule has 4 aliphatic rings. The summed E-state index contributed by atoms with van der Waals surface area (Å²) in [6.07, 6.45) is 5.32. The lowest BCUT2D eigenvalue weighted by atomic mass is 9.91. The van der Waals surface area contributed by atoms with Crippen molar-refractivity contribution in [2.24, 2.45) is 0 Å². The Morgan fingerprint density at radius 3 is 2.22 bits per heavy atom. The number of amides is 3. The maximum Gasteiger partial charge on any atom is 0.410 e. The monoisotopic (exact) mass is 1320 g/mol. The average Bonchev–Trinajstić information content (AvgIpc) is 0.870. The van der Waals surface area contributed by atoms with E-state index in [0.29, 0.717) is 132 Å². The van der Waals surface area contributed by atoms with Gasteiger partial charge < -0.3 is 39.1 Å². The van der Waals surface area contributed by atoms with Crippen LogP contribution in [0.15, 0.2) is 96.4 Å². The van der Waals surface area contributed by atoms with Crippen LogP contribution >= 0.6 is 0 Å². The number of benzene rings is 3. The molecule has 0 spiro atoms. The molecule has 3 aromatic carbocycles. The van der Waals surface area contributed by atoms with Crippen LogP contribution in [0.2, 0.25) is 0 Å². The van der Waals surface area contributed by atoms with Gasteiger partial charge in [-0.1, -0.05) is 56.3 Å². The van der Waals surface area contributed by atoms with Crippen molar-refractivity contribution in [2.45, 2.75) is 141 Å². The van der Waals surface area contributed by atoms with Crippen molar-refractivity contribution in [3.63, 3.8) is 0 Å². The number of rotatable bonds is 19. The van der Waals surface area contributed by atoms with Crippen molar-refractivity contribution in [3.8, 4) is 11.6 Å². The number of carbonyl (C=O) groups excluding carboxylic acids is 3. The number of anilines is 4. The van der Waals surface area contributed by atoms with E-state index in [0.717, 1.165) is 39.3 Å². The molecule has 0 bridgehead atoms. The Morgan fingerprint density at radius 2 is 1.55 bits per heavy atom. The van der Waals surface area contributed by atoms with Gasteiger partial charge in [-0.3, -0.25) is 29.4 Å². The Balaban J connectivity index is 0.701. The minimum atomic E-state index is -3.86. The number of nitrogens with one attached hydrogen (secondary N) is 2. The first-order chi connectivity index (χ1) is 45.1. The molecule has 506 valence electrons. The minimum Gasteiger partial charge on any atom is -0.492 e. The molecule has 11 rings (SSSR count). The number of carbonyl (C=O) groups is 3. The molecule has 4 aliphatic heterocycles. The number of aryl methyl sites for hydroxylation is 1. The fourth-order valence-corrected chi connectivity index (χ4v) is 14.1. The lowest BCUT2D eigenvalue weighted by Crippen LogP contribution is -2.65. The number of aromatic amines is 1. The summed E-state index contributed by atoms with van der Waals surface area (Å²) in [6, 6.07) is 21.2. The SMILES string of the molecule is Cc1[nH]nc(Nc2ncnc3cc(OCCCN4CCN(C(=O)c5cnc(N6CCN(C[C@H]7CN(C(=O)OC(C)(C)C)[C@H](C)CN7CC(=O)N7CC(C)(C)c8nc(OCc9ccccc9)c(Cc9ccc(F)cc9)cc87)[C@H](C)C6)cn5)CC4)c(S(=O)(=O)C(C)(C)C)cc23)c1C. The highest BCUT2D eigenvalue weighted by atomic mass is 32.2.